The van der Waals surface area contributed by atoms with E-state index in [4.69, 9.17) is 0 Å². The molecule has 1 aliphatic carbocycles. The molecule has 0 unspecified atom stereocenters. The van der Waals surface area contributed by atoms with Crippen LogP contribution in [0.25, 0.3) is 0 Å². The van der Waals surface area contributed by atoms with Crippen molar-refractivity contribution in [3.8, 4) is 0 Å². The Morgan fingerprint density at radius 3 is 2.52 bits per heavy atom. The molecule has 25 heavy (non-hydrogen) atoms. The van der Waals surface area contributed by atoms with E-state index < -0.39 is 0 Å². The first-order chi connectivity index (χ1) is 12.1. The van der Waals surface area contributed by atoms with Crippen LogP contribution >= 0.6 is 0 Å². The average Bonchev–Trinajstić information content (AvgIpc) is 3.05. The van der Waals surface area contributed by atoms with Crippen molar-refractivity contribution in [3.05, 3.63) is 35.6 Å². The van der Waals surface area contributed by atoms with Gasteiger partial charge in [0.1, 0.15) is 5.82 Å². The van der Waals surface area contributed by atoms with Crippen molar-refractivity contribution in [2.45, 2.75) is 50.7 Å². The van der Waals surface area contributed by atoms with Gasteiger partial charge in [0.15, 0.2) is 0 Å². The fourth-order valence-electron chi connectivity index (χ4n) is 3.92. The number of aliphatic hydroxyl groups is 1. The summed E-state index contributed by atoms with van der Waals surface area (Å²) in [6, 6.07) is 6.83. The molecule has 1 saturated carbocycles. The second-order valence-corrected chi connectivity index (χ2v) is 7.27. The lowest BCUT2D eigenvalue weighted by Crippen LogP contribution is -2.50. The van der Waals surface area contributed by atoms with E-state index in [2.05, 4.69) is 15.5 Å². The van der Waals surface area contributed by atoms with Crippen LogP contribution in [0.3, 0.4) is 0 Å². The highest BCUT2D eigenvalue weighted by molar-refractivity contribution is 5.74. The first-order valence-corrected chi connectivity index (χ1v) is 9.28. The molecule has 1 aromatic rings. The largest absolute Gasteiger partial charge is 0.396 e. The number of likely N-dealkylation sites (tertiary alicyclic amines) is 1. The molecule has 0 aromatic heterocycles. The quantitative estimate of drug-likeness (QED) is 0.764. The van der Waals surface area contributed by atoms with Gasteiger partial charge in [-0.25, -0.2) is 9.18 Å². The van der Waals surface area contributed by atoms with E-state index in [0.29, 0.717) is 0 Å². The molecular formula is C19H28FN3O2. The Morgan fingerprint density at radius 1 is 1.12 bits per heavy atom. The van der Waals surface area contributed by atoms with Crippen LogP contribution in [0.15, 0.2) is 24.3 Å². The van der Waals surface area contributed by atoms with Crippen LogP contribution < -0.4 is 10.6 Å². The number of carbonyl (C=O) groups excluding carboxylic acids is 1. The molecule has 138 valence electrons. The maximum Gasteiger partial charge on any atom is 0.315 e. The number of piperidine rings is 1. The zero-order chi connectivity index (χ0) is 17.6. The Labute approximate surface area is 148 Å². The van der Waals surface area contributed by atoms with E-state index >= 15 is 0 Å². The van der Waals surface area contributed by atoms with Gasteiger partial charge in [0.25, 0.3) is 0 Å². The zero-order valence-corrected chi connectivity index (χ0v) is 14.6. The van der Waals surface area contributed by atoms with Gasteiger partial charge in [-0.05, 0) is 43.4 Å². The minimum absolute atomic E-state index is 0.101. The monoisotopic (exact) mass is 349 g/mol. The molecule has 5 nitrogen and oxygen atoms in total. The molecule has 3 N–H and O–H groups in total. The molecule has 1 saturated heterocycles. The Balaban J connectivity index is 1.38. The van der Waals surface area contributed by atoms with Crippen LogP contribution in [0.2, 0.25) is 0 Å². The average molecular weight is 349 g/mol. The molecule has 0 radical (unpaired) electrons. The van der Waals surface area contributed by atoms with Crippen LogP contribution in [0.4, 0.5) is 9.18 Å². The molecule has 2 aliphatic rings. The first-order valence-electron chi connectivity index (χ1n) is 9.28. The van der Waals surface area contributed by atoms with Crippen LogP contribution in [-0.4, -0.2) is 47.8 Å². The lowest BCUT2D eigenvalue weighted by atomic mass is 10.0. The van der Waals surface area contributed by atoms with Crippen LogP contribution in [0.1, 0.15) is 37.7 Å². The molecule has 3 rings (SSSR count). The van der Waals surface area contributed by atoms with Crippen LogP contribution in [-0.2, 0) is 6.54 Å². The van der Waals surface area contributed by atoms with Gasteiger partial charge in [-0.1, -0.05) is 18.6 Å². The molecule has 2 atom stereocenters. The molecule has 1 aliphatic heterocycles. The predicted octanol–water partition coefficient (Wildman–Crippen LogP) is 2.25. The van der Waals surface area contributed by atoms with Crippen molar-refractivity contribution in [2.75, 3.05) is 19.7 Å². The molecule has 2 amide bonds. The first kappa shape index (κ1) is 18.1. The number of benzene rings is 1. The number of nitrogens with one attached hydrogen (secondary N) is 2. The summed E-state index contributed by atoms with van der Waals surface area (Å²) >= 11 is 0. The molecule has 0 bridgehead atoms. The molecular weight excluding hydrogens is 321 g/mol. The van der Waals surface area contributed by atoms with Crippen molar-refractivity contribution in [2.24, 2.45) is 5.92 Å². The number of carbonyl (C=O) groups is 1. The fraction of sp³-hybridized carbons (Fsp3) is 0.632. The SMILES string of the molecule is O=C(NC1CCN(Cc2ccc(F)cc2)CC1)N[C@@H]1CCC[C@@H]1CO. The fourth-order valence-corrected chi connectivity index (χ4v) is 3.92. The standard InChI is InChI=1S/C19H28FN3O2/c20-16-6-4-14(5-7-16)12-23-10-8-17(9-11-23)21-19(25)22-18-3-1-2-15(18)13-24/h4-7,15,17-18,24H,1-3,8-13H2,(H2,21,22,25)/t15-,18-/m1/s1. The lowest BCUT2D eigenvalue weighted by molar-refractivity contribution is 0.179. The second kappa shape index (κ2) is 8.63. The third-order valence-electron chi connectivity index (χ3n) is 5.45. The lowest BCUT2D eigenvalue weighted by Gasteiger charge is -2.32. The maximum absolute atomic E-state index is 13.0. The third kappa shape index (κ3) is 5.16. The molecule has 1 aromatic carbocycles. The van der Waals surface area contributed by atoms with Crippen molar-refractivity contribution in [1.82, 2.24) is 15.5 Å². The normalized spacial score (nSPS) is 25.0. The highest BCUT2D eigenvalue weighted by atomic mass is 19.1. The summed E-state index contributed by atoms with van der Waals surface area (Å²) in [4.78, 5) is 14.5. The smallest absolute Gasteiger partial charge is 0.315 e. The van der Waals surface area contributed by atoms with E-state index in [9.17, 15) is 14.3 Å². The number of urea groups is 1. The molecule has 1 heterocycles. The van der Waals surface area contributed by atoms with E-state index in [1.807, 2.05) is 12.1 Å². The number of nitrogens with zero attached hydrogens (tertiary/aromatic N) is 1. The number of halogens is 1. The van der Waals surface area contributed by atoms with E-state index in [0.717, 1.165) is 57.3 Å². The minimum Gasteiger partial charge on any atom is -0.396 e. The second-order valence-electron chi connectivity index (χ2n) is 7.27. The summed E-state index contributed by atoms with van der Waals surface area (Å²) in [5.74, 6) is -0.00771. The van der Waals surface area contributed by atoms with Crippen molar-refractivity contribution < 1.29 is 14.3 Å². The predicted molar refractivity (Wildman–Crippen MR) is 94.6 cm³/mol. The number of hydrogen-bond acceptors (Lipinski definition) is 3. The number of rotatable bonds is 5. The van der Waals surface area contributed by atoms with Crippen LogP contribution in [0, 0.1) is 11.7 Å². The molecule has 0 spiro atoms. The number of amides is 2. The van der Waals surface area contributed by atoms with Crippen molar-refractivity contribution >= 4 is 6.03 Å². The van der Waals surface area contributed by atoms with Gasteiger partial charge < -0.3 is 15.7 Å². The van der Waals surface area contributed by atoms with Crippen LogP contribution in [0.5, 0.6) is 0 Å². The van der Waals surface area contributed by atoms with Gasteiger partial charge >= 0.3 is 6.03 Å². The zero-order valence-electron chi connectivity index (χ0n) is 14.6. The van der Waals surface area contributed by atoms with E-state index in [-0.39, 0.29) is 36.5 Å². The highest BCUT2D eigenvalue weighted by Gasteiger charge is 2.29. The Morgan fingerprint density at radius 2 is 1.84 bits per heavy atom. The van der Waals surface area contributed by atoms with Gasteiger partial charge in [0.2, 0.25) is 0 Å². The van der Waals surface area contributed by atoms with E-state index in [1.165, 1.54) is 12.1 Å². The minimum atomic E-state index is -0.205. The summed E-state index contributed by atoms with van der Waals surface area (Å²) in [6.07, 6.45) is 4.85. The summed E-state index contributed by atoms with van der Waals surface area (Å²) < 4.78 is 13.0. The summed E-state index contributed by atoms with van der Waals surface area (Å²) in [7, 11) is 0. The van der Waals surface area contributed by atoms with Gasteiger partial charge in [0, 0.05) is 44.2 Å². The number of hydrogen-bond donors (Lipinski definition) is 3. The highest BCUT2D eigenvalue weighted by Crippen LogP contribution is 2.25. The molecule has 2 fully saturated rings. The maximum atomic E-state index is 13.0. The molecule has 6 heteroatoms. The van der Waals surface area contributed by atoms with Gasteiger partial charge in [-0.15, -0.1) is 0 Å². The summed E-state index contributed by atoms with van der Waals surface area (Å²) in [5.41, 5.74) is 1.11. The van der Waals surface area contributed by atoms with Gasteiger partial charge in [-0.2, -0.15) is 0 Å². The number of aliphatic hydroxyl groups excluding tert-OH is 1. The summed E-state index contributed by atoms with van der Waals surface area (Å²) in [5, 5.41) is 15.4. The van der Waals surface area contributed by atoms with Gasteiger partial charge in [-0.3, -0.25) is 4.90 Å². The Hall–Kier alpha value is -1.66. The van der Waals surface area contributed by atoms with Gasteiger partial charge in [0.05, 0.1) is 0 Å². The topological polar surface area (TPSA) is 64.6 Å². The summed E-state index contributed by atoms with van der Waals surface area (Å²) in [6.45, 7) is 2.81. The van der Waals surface area contributed by atoms with Crippen molar-refractivity contribution in [3.63, 3.8) is 0 Å². The third-order valence-corrected chi connectivity index (χ3v) is 5.45. The van der Waals surface area contributed by atoms with Crippen molar-refractivity contribution in [1.29, 1.82) is 0 Å². The van der Waals surface area contributed by atoms with E-state index in [1.54, 1.807) is 0 Å². The Bertz CT molecular complexity index is 558. The Kier molecular flexibility index (Phi) is 6.26.